The molecule has 0 aliphatic heterocycles. The van der Waals surface area contributed by atoms with E-state index in [2.05, 4.69) is 5.32 Å². The number of carbonyl (C=O) groups excluding carboxylic acids is 2. The molecule has 0 aromatic carbocycles. The predicted octanol–water partition coefficient (Wildman–Crippen LogP) is 1.09. The smallest absolute Gasteiger partial charge is 0.407 e. The van der Waals surface area contributed by atoms with Gasteiger partial charge in [0.05, 0.1) is 6.61 Å². The van der Waals surface area contributed by atoms with E-state index in [0.29, 0.717) is 38.6 Å². The number of alkyl carbamates (subject to hydrolysis) is 1. The lowest BCUT2D eigenvalue weighted by molar-refractivity contribution is -0.138. The topological polar surface area (TPSA) is 119 Å². The van der Waals surface area contributed by atoms with Gasteiger partial charge in [0.25, 0.3) is 0 Å². The van der Waals surface area contributed by atoms with Crippen LogP contribution in [0.5, 0.6) is 0 Å². The second kappa shape index (κ2) is 12.7. The number of nitrogens with one attached hydrogen (secondary N) is 1. The number of hydrogen-bond acceptors (Lipinski definition) is 5. The number of hydrogen-bond donors (Lipinski definition) is 3. The molecule has 118 valence electrons. The summed E-state index contributed by atoms with van der Waals surface area (Å²) in [6.45, 7) is 2.12. The van der Waals surface area contributed by atoms with Gasteiger partial charge in [-0.3, -0.25) is 4.79 Å². The number of carboxylic acid groups (broad SMARTS) is 1. The Balaban J connectivity index is 0. The summed E-state index contributed by atoms with van der Waals surface area (Å²) in [4.78, 5) is 32.2. The van der Waals surface area contributed by atoms with Gasteiger partial charge in [0, 0.05) is 13.0 Å². The first-order valence-corrected chi connectivity index (χ1v) is 6.32. The number of aliphatic carboxylic acids is 1. The quantitative estimate of drug-likeness (QED) is 0.520. The first kappa shape index (κ1) is 21.0. The Morgan fingerprint density at radius 1 is 1.25 bits per heavy atom. The molecule has 0 aliphatic rings. The van der Waals surface area contributed by atoms with E-state index in [1.807, 2.05) is 0 Å². The van der Waals surface area contributed by atoms with Crippen molar-refractivity contribution >= 4 is 30.3 Å². The Kier molecular flexibility index (Phi) is 13.3. The summed E-state index contributed by atoms with van der Waals surface area (Å²) < 4.78 is 4.84. The van der Waals surface area contributed by atoms with Crippen LogP contribution >= 0.6 is 12.4 Å². The van der Waals surface area contributed by atoms with Crippen molar-refractivity contribution in [3.8, 4) is 0 Å². The lowest BCUT2D eigenvalue weighted by atomic mass is 10.1. The zero-order valence-electron chi connectivity index (χ0n) is 11.6. The molecular weight excluding hydrogens is 288 g/mol. The van der Waals surface area contributed by atoms with Gasteiger partial charge in [0.2, 0.25) is 0 Å². The molecule has 20 heavy (non-hydrogen) atoms. The van der Waals surface area contributed by atoms with Crippen molar-refractivity contribution in [2.24, 2.45) is 5.73 Å². The van der Waals surface area contributed by atoms with Crippen molar-refractivity contribution < 1.29 is 24.2 Å². The normalized spacial score (nSPS) is 11.1. The number of rotatable bonds is 10. The van der Waals surface area contributed by atoms with Gasteiger partial charge in [-0.05, 0) is 32.6 Å². The van der Waals surface area contributed by atoms with E-state index in [1.165, 1.54) is 6.92 Å². The molecule has 0 radical (unpaired) electrons. The van der Waals surface area contributed by atoms with Gasteiger partial charge in [0.15, 0.2) is 0 Å². The average Bonchev–Trinajstić information content (AvgIpc) is 2.33. The Bertz CT molecular complexity index is 312. The molecule has 0 aromatic rings. The van der Waals surface area contributed by atoms with Gasteiger partial charge >= 0.3 is 12.1 Å². The molecule has 0 aliphatic carbocycles. The molecule has 0 bridgehead atoms. The second-order valence-corrected chi connectivity index (χ2v) is 4.31. The van der Waals surface area contributed by atoms with Crippen molar-refractivity contribution in [3.63, 3.8) is 0 Å². The van der Waals surface area contributed by atoms with Gasteiger partial charge < -0.3 is 25.7 Å². The molecule has 1 atom stereocenters. The van der Waals surface area contributed by atoms with Crippen LogP contribution in [-0.2, 0) is 14.3 Å². The monoisotopic (exact) mass is 310 g/mol. The molecule has 0 unspecified atom stereocenters. The van der Waals surface area contributed by atoms with Crippen molar-refractivity contribution in [1.82, 2.24) is 5.32 Å². The molecule has 4 N–H and O–H groups in total. The number of nitrogens with two attached hydrogens (primary N) is 1. The van der Waals surface area contributed by atoms with Crippen LogP contribution in [0.25, 0.3) is 0 Å². The zero-order valence-corrected chi connectivity index (χ0v) is 12.4. The highest BCUT2D eigenvalue weighted by atomic mass is 35.5. The molecule has 0 aromatic heterocycles. The maximum absolute atomic E-state index is 11.2. The highest BCUT2D eigenvalue weighted by molar-refractivity contribution is 5.85. The summed E-state index contributed by atoms with van der Waals surface area (Å²) in [5.41, 5.74) is 5.32. The lowest BCUT2D eigenvalue weighted by Gasteiger charge is -2.07. The summed E-state index contributed by atoms with van der Waals surface area (Å²) in [7, 11) is 0. The molecule has 0 spiro atoms. The van der Waals surface area contributed by atoms with E-state index in [-0.39, 0.29) is 24.8 Å². The van der Waals surface area contributed by atoms with Gasteiger partial charge in [-0.2, -0.15) is 0 Å². The van der Waals surface area contributed by atoms with Crippen LogP contribution < -0.4 is 11.1 Å². The number of halogens is 1. The summed E-state index contributed by atoms with van der Waals surface area (Å²) >= 11 is 0. The lowest BCUT2D eigenvalue weighted by Crippen LogP contribution is -2.30. The first-order chi connectivity index (χ1) is 8.93. The third-order valence-corrected chi connectivity index (χ3v) is 2.43. The molecule has 0 heterocycles. The third kappa shape index (κ3) is 13.1. The van der Waals surface area contributed by atoms with E-state index in [1.54, 1.807) is 0 Å². The number of carbonyl (C=O) groups is 3. The number of ether oxygens (including phenoxy) is 1. The number of ketones is 1. The van der Waals surface area contributed by atoms with Crippen LogP contribution in [0.1, 0.15) is 39.0 Å². The minimum absolute atomic E-state index is 0. The van der Waals surface area contributed by atoms with Crippen LogP contribution in [0.4, 0.5) is 4.79 Å². The van der Waals surface area contributed by atoms with Gasteiger partial charge in [-0.1, -0.05) is 0 Å². The fourth-order valence-electron chi connectivity index (χ4n) is 1.34. The van der Waals surface area contributed by atoms with Crippen molar-refractivity contribution in [2.75, 3.05) is 13.2 Å². The van der Waals surface area contributed by atoms with Crippen LogP contribution in [0.2, 0.25) is 0 Å². The van der Waals surface area contributed by atoms with E-state index < -0.39 is 18.1 Å². The summed E-state index contributed by atoms with van der Waals surface area (Å²) in [6.07, 6.45) is 2.05. The number of Topliss-reactive ketones (excluding diaryl/α,β-unsaturated/α-hetero) is 1. The maximum atomic E-state index is 11.2. The molecule has 0 rings (SSSR count). The third-order valence-electron chi connectivity index (χ3n) is 2.43. The van der Waals surface area contributed by atoms with E-state index in [9.17, 15) is 14.4 Å². The average molecular weight is 311 g/mol. The Hall–Kier alpha value is -1.34. The van der Waals surface area contributed by atoms with Crippen molar-refractivity contribution in [1.29, 1.82) is 0 Å². The Morgan fingerprint density at radius 2 is 1.90 bits per heavy atom. The molecule has 0 fully saturated rings. The molecule has 0 saturated heterocycles. The number of unbranched alkanes of at least 4 members (excludes halogenated alkanes) is 1. The standard InChI is InChI=1S/C12H22N2O5.ClH/c1-9(15)5-4-8-19-12(18)14-7-3-2-6-10(13)11(16)17;/h10H,2-8,13H2,1H3,(H,14,18)(H,16,17);1H/t10-;/m0./s1. The summed E-state index contributed by atoms with van der Waals surface area (Å²) in [5.74, 6) is -0.948. The highest BCUT2D eigenvalue weighted by Gasteiger charge is 2.10. The van der Waals surface area contributed by atoms with Crippen LogP contribution in [0, 0.1) is 0 Å². The Labute approximate surface area is 124 Å². The fraction of sp³-hybridized carbons (Fsp3) is 0.750. The second-order valence-electron chi connectivity index (χ2n) is 4.31. The van der Waals surface area contributed by atoms with Crippen molar-refractivity contribution in [3.05, 3.63) is 0 Å². The van der Waals surface area contributed by atoms with E-state index in [0.717, 1.165) is 0 Å². The minimum atomic E-state index is -1.02. The fourth-order valence-corrected chi connectivity index (χ4v) is 1.34. The maximum Gasteiger partial charge on any atom is 0.407 e. The summed E-state index contributed by atoms with van der Waals surface area (Å²) in [5, 5.41) is 11.1. The van der Waals surface area contributed by atoms with Crippen molar-refractivity contribution in [2.45, 2.75) is 45.1 Å². The molecular formula is C12H23ClN2O5. The van der Waals surface area contributed by atoms with E-state index >= 15 is 0 Å². The van der Waals surface area contributed by atoms with Gasteiger partial charge in [-0.25, -0.2) is 4.79 Å². The largest absolute Gasteiger partial charge is 0.480 e. The minimum Gasteiger partial charge on any atom is -0.480 e. The zero-order chi connectivity index (χ0) is 14.7. The number of carboxylic acids is 1. The van der Waals surface area contributed by atoms with Crippen LogP contribution in [-0.4, -0.2) is 42.1 Å². The van der Waals surface area contributed by atoms with E-state index in [4.69, 9.17) is 15.6 Å². The molecule has 8 heteroatoms. The molecule has 7 nitrogen and oxygen atoms in total. The molecule has 1 amide bonds. The van der Waals surface area contributed by atoms with Crippen LogP contribution in [0.15, 0.2) is 0 Å². The van der Waals surface area contributed by atoms with Gasteiger partial charge in [-0.15, -0.1) is 12.4 Å². The predicted molar refractivity (Wildman–Crippen MR) is 76.0 cm³/mol. The first-order valence-electron chi connectivity index (χ1n) is 6.32. The van der Waals surface area contributed by atoms with Crippen LogP contribution in [0.3, 0.4) is 0 Å². The van der Waals surface area contributed by atoms with Gasteiger partial charge in [0.1, 0.15) is 11.8 Å². The Morgan fingerprint density at radius 3 is 2.45 bits per heavy atom. The highest BCUT2D eigenvalue weighted by Crippen LogP contribution is 1.98. The molecule has 0 saturated carbocycles. The summed E-state index contributed by atoms with van der Waals surface area (Å²) in [6, 6.07) is -0.849. The number of amides is 1. The SMILES string of the molecule is CC(=O)CCCOC(=O)NCCCC[C@H](N)C(=O)O.Cl.